The second-order valence-corrected chi connectivity index (χ2v) is 24.4. The molecule has 580 valence electrons. The molecule has 0 spiro atoms. The van der Waals surface area contributed by atoms with Crippen molar-refractivity contribution in [2.24, 2.45) is 59.2 Å². The molecule has 8 saturated heterocycles. The molecule has 16 heteroatoms. The van der Waals surface area contributed by atoms with Crippen molar-refractivity contribution in [3.8, 4) is 0 Å². The van der Waals surface area contributed by atoms with Crippen LogP contribution in [0.25, 0.3) is 0 Å². The van der Waals surface area contributed by atoms with Crippen LogP contribution in [0.1, 0.15) is 350 Å². The number of hydrogen-bond donors (Lipinski definition) is 0. The molecular formula is C82H156O16. The fourth-order valence-corrected chi connectivity index (χ4v) is 14.1. The first-order valence-corrected chi connectivity index (χ1v) is 41.2. The minimum Gasteiger partial charge on any atom is -0.466 e. The summed E-state index contributed by atoms with van der Waals surface area (Å²) < 4.78 is 39.1. The van der Waals surface area contributed by atoms with E-state index in [1.165, 1.54) is 116 Å². The first-order valence-electron chi connectivity index (χ1n) is 41.2. The van der Waals surface area contributed by atoms with E-state index in [1.807, 2.05) is 138 Å². The summed E-state index contributed by atoms with van der Waals surface area (Å²) in [5.74, 6) is 6.09. The largest absolute Gasteiger partial charge is 0.466 e. The summed E-state index contributed by atoms with van der Waals surface area (Å²) in [7, 11) is 0. The van der Waals surface area contributed by atoms with Crippen LogP contribution in [0.15, 0.2) is 0 Å². The summed E-state index contributed by atoms with van der Waals surface area (Å²) in [5.41, 5.74) is 0. The molecule has 0 amide bonds. The van der Waals surface area contributed by atoms with Gasteiger partial charge in [0.15, 0.2) is 11.9 Å². The van der Waals surface area contributed by atoms with Crippen LogP contribution in [0.4, 0.5) is 0 Å². The monoisotopic (exact) mass is 1400 g/mol. The number of ketones is 3. The molecule has 0 aromatic heterocycles. The van der Waals surface area contributed by atoms with Crippen LogP contribution in [0, 0.1) is 59.2 Å². The van der Waals surface area contributed by atoms with Gasteiger partial charge in [0.2, 0.25) is 0 Å². The summed E-state index contributed by atoms with van der Waals surface area (Å²) in [6.07, 6.45) is 36.9. The van der Waals surface area contributed by atoms with E-state index < -0.39 is 0 Å². The van der Waals surface area contributed by atoms with Crippen molar-refractivity contribution in [3.63, 3.8) is 0 Å². The van der Waals surface area contributed by atoms with Gasteiger partial charge in [-0.05, 0) is 191 Å². The first kappa shape index (κ1) is 101. The molecule has 9 saturated carbocycles. The van der Waals surface area contributed by atoms with Gasteiger partial charge in [-0.2, -0.15) is 0 Å². The van der Waals surface area contributed by atoms with Gasteiger partial charge < -0.3 is 37.9 Å². The summed E-state index contributed by atoms with van der Waals surface area (Å²) in [4.78, 5) is 86.3. The highest BCUT2D eigenvalue weighted by molar-refractivity contribution is 5.96. The van der Waals surface area contributed by atoms with Crippen molar-refractivity contribution in [2.75, 3.05) is 59.5 Å². The number of carbonyl (C=O) groups is 8. The molecule has 0 aromatic rings. The van der Waals surface area contributed by atoms with E-state index >= 15 is 0 Å². The Kier molecular flexibility index (Phi) is 72.2. The van der Waals surface area contributed by atoms with Crippen LogP contribution in [0.5, 0.6) is 0 Å². The maximum Gasteiger partial charge on any atom is 0.310 e. The Balaban J connectivity index is -0.000000490. The minimum atomic E-state index is -0.341. The molecule has 17 rings (SSSR count). The van der Waals surface area contributed by atoms with Gasteiger partial charge in [-0.3, -0.25) is 38.4 Å². The number of esters is 5. The predicted molar refractivity (Wildman–Crippen MR) is 401 cm³/mol. The van der Waals surface area contributed by atoms with Gasteiger partial charge in [0, 0.05) is 94.9 Å². The van der Waals surface area contributed by atoms with Crippen LogP contribution >= 0.6 is 0 Å². The number of fused-ring (bicyclic) bond motifs is 5. The van der Waals surface area contributed by atoms with E-state index in [0.717, 1.165) is 134 Å². The summed E-state index contributed by atoms with van der Waals surface area (Å²) >= 11 is 0. The van der Waals surface area contributed by atoms with Crippen LogP contribution in [0.2, 0.25) is 0 Å². The van der Waals surface area contributed by atoms with Gasteiger partial charge in [-0.1, -0.05) is 151 Å². The molecule has 10 bridgehead atoms. The van der Waals surface area contributed by atoms with Crippen molar-refractivity contribution in [2.45, 2.75) is 363 Å². The Bertz CT molecular complexity index is 1820. The molecule has 17 fully saturated rings. The Labute approximate surface area is 602 Å². The van der Waals surface area contributed by atoms with Gasteiger partial charge in [-0.15, -0.1) is 0 Å². The van der Waals surface area contributed by atoms with Gasteiger partial charge in [0.1, 0.15) is 17.7 Å². The second kappa shape index (κ2) is 70.3. The van der Waals surface area contributed by atoms with E-state index in [0.29, 0.717) is 68.4 Å². The molecule has 16 nitrogen and oxygen atoms in total. The quantitative estimate of drug-likeness (QED) is 0.163. The van der Waals surface area contributed by atoms with Crippen molar-refractivity contribution >= 4 is 47.2 Å². The zero-order valence-corrected chi connectivity index (χ0v) is 67.2. The van der Waals surface area contributed by atoms with E-state index in [1.54, 1.807) is 0 Å². The molecule has 8 heterocycles. The van der Waals surface area contributed by atoms with Crippen molar-refractivity contribution in [3.05, 3.63) is 0 Å². The smallest absolute Gasteiger partial charge is 0.310 e. The lowest BCUT2D eigenvalue weighted by Gasteiger charge is -2.48. The summed E-state index contributed by atoms with van der Waals surface area (Å²) in [6.45, 7) is 47.9. The third kappa shape index (κ3) is 43.3. The van der Waals surface area contributed by atoms with Crippen LogP contribution in [-0.4, -0.2) is 119 Å². The number of rotatable bonds is 0. The molecule has 8 aliphatic heterocycles. The minimum absolute atomic E-state index is 0.0255. The highest BCUT2D eigenvalue weighted by Crippen LogP contribution is 2.53. The summed E-state index contributed by atoms with van der Waals surface area (Å²) in [6, 6.07) is 0. The van der Waals surface area contributed by atoms with E-state index in [-0.39, 0.29) is 71.5 Å². The predicted octanol–water partition coefficient (Wildman–Crippen LogP) is 20.6. The third-order valence-corrected chi connectivity index (χ3v) is 18.2. The third-order valence-electron chi connectivity index (χ3n) is 18.2. The second-order valence-electron chi connectivity index (χ2n) is 24.4. The molecule has 98 heavy (non-hydrogen) atoms. The molecule has 8 atom stereocenters. The van der Waals surface area contributed by atoms with Crippen LogP contribution < -0.4 is 0 Å². The average Bonchev–Trinajstić information content (AvgIpc) is 1.56. The Morgan fingerprint density at radius 3 is 0.990 bits per heavy atom. The zero-order chi connectivity index (χ0) is 74.9. The fraction of sp³-hybridized carbons (Fsp3) is 0.902. The topological polar surface area (TPSA) is 210 Å². The molecule has 0 radical (unpaired) electrons. The molecule has 9 aliphatic carbocycles. The molecule has 8 unspecified atom stereocenters. The van der Waals surface area contributed by atoms with Gasteiger partial charge in [-0.25, -0.2) is 0 Å². The number of Topliss-reactive ketones (excluding diaryl/α,β-unsaturated/α-hetero) is 3. The van der Waals surface area contributed by atoms with Crippen molar-refractivity contribution in [1.82, 2.24) is 0 Å². The van der Waals surface area contributed by atoms with Gasteiger partial charge >= 0.3 is 29.8 Å². The van der Waals surface area contributed by atoms with Crippen molar-refractivity contribution in [1.29, 1.82) is 0 Å². The molecular weight excluding hydrogens is 1240 g/mol. The maximum atomic E-state index is 11.6. The SMILES string of the molecule is C1CCCOCC1.C1CCOC1.C1CCOCC1.CC.CC.CC.CC.CC.CC.CC.CC.CC.CC.O=C1C2CC3CC(C2)CC1C3.O=C1CC2CCC1C2.O=C1CCCCCO1.O=C1CCCCO1.O=C1CCCO1.O=C1OC2C(=O)C3CC1C2C3.O=C1OC2CCCC1C2. The lowest BCUT2D eigenvalue weighted by atomic mass is 9.56. The number of cyclic esters (lactones) is 3. The Hall–Kier alpha value is -3.76. The fourth-order valence-electron chi connectivity index (χ4n) is 14.1. The number of carbonyl (C=O) groups excluding carboxylic acids is 8. The van der Waals surface area contributed by atoms with E-state index in [2.05, 4.69) is 9.47 Å². The lowest BCUT2D eigenvalue weighted by molar-refractivity contribution is -0.147. The summed E-state index contributed by atoms with van der Waals surface area (Å²) in [5, 5.41) is 0. The standard InChI is InChI=1S/C10H14O.C8H8O3.C7H10O2.C7H10O.C6H10O2.C6H12O.C5H8O2.C5H10O.C4H6O2.C4H8O.10C2H6/c11-10-8-2-6-1-7(4-8)5-9(10)3-6;9-6-3-1-4-5(2-3)8(10)11-7(4)6;8-7-5-2-1-3-6(4-5)9-7;8-7-4-5-1-2-6(7)3-5;7-6-4-2-1-3-5-8-6;1-2-4-6-7-5-3-1;6-5-3-1-2-4-7-5;1-2-4-6-5-3-1;5-4-2-1-3-6-4;1-2-4-5-3-1;10*1-2/h6-9H,1-5H2;3-5,7H,1-2H2;5-6H,1-4H2;5-6H,1-4H2;1-5H2;1-6H2;1-4H2;1-5H2;1-3H2;1-4H2;10*1-2H3. The zero-order valence-electron chi connectivity index (χ0n) is 67.2. The molecule has 17 aliphatic rings. The van der Waals surface area contributed by atoms with E-state index in [9.17, 15) is 38.4 Å². The average molecular weight is 1400 g/mol. The maximum absolute atomic E-state index is 11.6. The van der Waals surface area contributed by atoms with Gasteiger partial charge in [0.25, 0.3) is 0 Å². The van der Waals surface area contributed by atoms with E-state index in [4.69, 9.17) is 28.4 Å². The highest BCUT2D eigenvalue weighted by Gasteiger charge is 2.61. The van der Waals surface area contributed by atoms with Crippen LogP contribution in [-0.2, 0) is 76.3 Å². The molecule has 0 aromatic carbocycles. The molecule has 0 N–H and O–H groups in total. The Morgan fingerprint density at radius 1 is 0.276 bits per heavy atom. The van der Waals surface area contributed by atoms with Crippen molar-refractivity contribution < 1.29 is 76.3 Å². The number of ether oxygens (including phenoxy) is 8. The Morgan fingerprint density at radius 2 is 0.653 bits per heavy atom. The van der Waals surface area contributed by atoms with Gasteiger partial charge in [0.05, 0.1) is 31.7 Å². The highest BCUT2D eigenvalue weighted by atomic mass is 16.6. The lowest BCUT2D eigenvalue weighted by Crippen LogP contribution is -2.45. The first-order chi connectivity index (χ1) is 48.0. The van der Waals surface area contributed by atoms with Crippen LogP contribution in [0.3, 0.4) is 0 Å². The normalized spacial score (nSPS) is 28.8. The number of hydrogen-bond acceptors (Lipinski definition) is 16.